The molecule has 0 aliphatic carbocycles. The summed E-state index contributed by atoms with van der Waals surface area (Å²) >= 11 is 0. The predicted octanol–water partition coefficient (Wildman–Crippen LogP) is 4.42. The highest BCUT2D eigenvalue weighted by Gasteiger charge is 2.22. The lowest BCUT2D eigenvalue weighted by molar-refractivity contribution is -0.114. The second-order valence-electron chi connectivity index (χ2n) is 6.79. The molecule has 162 valence electrons. The number of sulfone groups is 1. The Bertz CT molecular complexity index is 1180. The third-order valence-corrected chi connectivity index (χ3v) is 6.27. The largest absolute Gasteiger partial charge is 0.492 e. The zero-order valence-corrected chi connectivity index (χ0v) is 18.0. The van der Waals surface area contributed by atoms with Gasteiger partial charge < -0.3 is 15.4 Å². The van der Waals surface area contributed by atoms with E-state index in [4.69, 9.17) is 4.74 Å². The number of aryl methyl sites for hydroxylation is 1. The maximum absolute atomic E-state index is 13.9. The Morgan fingerprint density at radius 2 is 1.71 bits per heavy atom. The molecule has 31 heavy (non-hydrogen) atoms. The zero-order chi connectivity index (χ0) is 22.4. The monoisotopic (exact) mass is 442 g/mol. The van der Waals surface area contributed by atoms with Gasteiger partial charge in [0, 0.05) is 0 Å². The highest BCUT2D eigenvalue weighted by molar-refractivity contribution is 7.91. The van der Waals surface area contributed by atoms with Crippen LogP contribution in [-0.2, 0) is 14.6 Å². The van der Waals surface area contributed by atoms with Gasteiger partial charge in [-0.2, -0.15) is 0 Å². The second-order valence-corrected chi connectivity index (χ2v) is 8.71. The van der Waals surface area contributed by atoms with Crippen LogP contribution >= 0.6 is 0 Å². The van der Waals surface area contributed by atoms with Gasteiger partial charge in [0.2, 0.25) is 15.7 Å². The summed E-state index contributed by atoms with van der Waals surface area (Å²) < 4.78 is 45.4. The van der Waals surface area contributed by atoms with E-state index in [0.29, 0.717) is 18.0 Å². The molecular weight excluding hydrogens is 419 g/mol. The summed E-state index contributed by atoms with van der Waals surface area (Å²) in [7, 11) is -3.98. The fraction of sp³-hybridized carbons (Fsp3) is 0.174. The molecule has 0 bridgehead atoms. The molecule has 0 saturated heterocycles. The van der Waals surface area contributed by atoms with Gasteiger partial charge in [-0.05, 0) is 56.3 Å². The van der Waals surface area contributed by atoms with Crippen molar-refractivity contribution in [2.24, 2.45) is 0 Å². The molecule has 0 fully saturated rings. The van der Waals surface area contributed by atoms with Crippen LogP contribution in [0.25, 0.3) is 0 Å². The Kier molecular flexibility index (Phi) is 6.91. The summed E-state index contributed by atoms with van der Waals surface area (Å²) in [5.74, 6) is -0.565. The highest BCUT2D eigenvalue weighted by atomic mass is 32.2. The quantitative estimate of drug-likeness (QED) is 0.540. The van der Waals surface area contributed by atoms with Gasteiger partial charge in [-0.25, -0.2) is 12.8 Å². The molecule has 3 aromatic carbocycles. The Morgan fingerprint density at radius 1 is 1.00 bits per heavy atom. The Hall–Kier alpha value is -3.39. The number of benzene rings is 3. The lowest BCUT2D eigenvalue weighted by Gasteiger charge is -2.14. The SMILES string of the molecule is CCOc1ccccc1NC(=O)CNc1ccc(F)cc1S(=O)(=O)c1ccc(C)cc1. The van der Waals surface area contributed by atoms with Crippen molar-refractivity contribution in [2.45, 2.75) is 23.6 Å². The van der Waals surface area contributed by atoms with Gasteiger partial charge in [0.05, 0.1) is 34.3 Å². The van der Waals surface area contributed by atoms with Crippen molar-refractivity contribution in [3.8, 4) is 5.75 Å². The van der Waals surface area contributed by atoms with Crippen molar-refractivity contribution in [1.29, 1.82) is 0 Å². The van der Waals surface area contributed by atoms with Crippen molar-refractivity contribution in [2.75, 3.05) is 23.8 Å². The summed E-state index contributed by atoms with van der Waals surface area (Å²) in [6.07, 6.45) is 0. The molecule has 6 nitrogen and oxygen atoms in total. The number of hydrogen-bond acceptors (Lipinski definition) is 5. The van der Waals surface area contributed by atoms with E-state index in [1.807, 2.05) is 13.8 Å². The Balaban J connectivity index is 1.80. The third-order valence-electron chi connectivity index (χ3n) is 4.46. The van der Waals surface area contributed by atoms with Crippen LogP contribution in [0.4, 0.5) is 15.8 Å². The van der Waals surface area contributed by atoms with E-state index < -0.39 is 21.6 Å². The molecule has 3 rings (SSSR count). The van der Waals surface area contributed by atoms with Gasteiger partial charge in [-0.1, -0.05) is 29.8 Å². The number of nitrogens with one attached hydrogen (secondary N) is 2. The topological polar surface area (TPSA) is 84.5 Å². The van der Waals surface area contributed by atoms with E-state index in [2.05, 4.69) is 10.6 Å². The van der Waals surface area contributed by atoms with E-state index in [0.717, 1.165) is 17.7 Å². The molecule has 0 heterocycles. The van der Waals surface area contributed by atoms with Crippen LogP contribution in [-0.4, -0.2) is 27.5 Å². The number of anilines is 2. The van der Waals surface area contributed by atoms with Crippen molar-refractivity contribution in [1.82, 2.24) is 0 Å². The number of rotatable bonds is 8. The number of carbonyl (C=O) groups excluding carboxylic acids is 1. The maximum Gasteiger partial charge on any atom is 0.243 e. The molecule has 0 aliphatic heterocycles. The molecule has 0 saturated carbocycles. The predicted molar refractivity (Wildman–Crippen MR) is 118 cm³/mol. The highest BCUT2D eigenvalue weighted by Crippen LogP contribution is 2.29. The molecule has 0 spiro atoms. The molecule has 1 amide bonds. The third kappa shape index (κ3) is 5.40. The van der Waals surface area contributed by atoms with Crippen molar-refractivity contribution in [3.05, 3.63) is 78.1 Å². The number of amides is 1. The number of para-hydroxylation sites is 2. The minimum absolute atomic E-state index is 0.0434. The normalized spacial score (nSPS) is 11.1. The smallest absolute Gasteiger partial charge is 0.243 e. The first kappa shape index (κ1) is 22.3. The van der Waals surface area contributed by atoms with Crippen LogP contribution in [0.1, 0.15) is 12.5 Å². The molecular formula is C23H23FN2O4S. The molecule has 2 N–H and O–H groups in total. The minimum atomic E-state index is -3.98. The second kappa shape index (κ2) is 9.61. The lowest BCUT2D eigenvalue weighted by Crippen LogP contribution is -2.23. The van der Waals surface area contributed by atoms with Crippen LogP contribution in [0.3, 0.4) is 0 Å². The maximum atomic E-state index is 13.9. The summed E-state index contributed by atoms with van der Waals surface area (Å²) in [6.45, 7) is 3.90. The van der Waals surface area contributed by atoms with E-state index in [9.17, 15) is 17.6 Å². The van der Waals surface area contributed by atoms with Gasteiger partial charge in [0.15, 0.2) is 0 Å². The molecule has 8 heteroatoms. The average Bonchev–Trinajstić information content (AvgIpc) is 2.74. The number of hydrogen-bond donors (Lipinski definition) is 2. The van der Waals surface area contributed by atoms with E-state index in [-0.39, 0.29) is 22.0 Å². The molecule has 0 aliphatic rings. The molecule has 3 aromatic rings. The number of carbonyl (C=O) groups is 1. The van der Waals surface area contributed by atoms with Crippen molar-refractivity contribution < 1.29 is 22.3 Å². The fourth-order valence-electron chi connectivity index (χ4n) is 2.93. The lowest BCUT2D eigenvalue weighted by atomic mass is 10.2. The van der Waals surface area contributed by atoms with Crippen molar-refractivity contribution >= 4 is 27.1 Å². The van der Waals surface area contributed by atoms with Gasteiger partial charge in [-0.15, -0.1) is 0 Å². The fourth-order valence-corrected chi connectivity index (χ4v) is 4.38. The molecule has 0 aromatic heterocycles. The summed E-state index contributed by atoms with van der Waals surface area (Å²) in [5.41, 5.74) is 1.54. The first-order valence-corrected chi connectivity index (χ1v) is 11.2. The van der Waals surface area contributed by atoms with Crippen molar-refractivity contribution in [3.63, 3.8) is 0 Å². The van der Waals surface area contributed by atoms with E-state index in [1.54, 1.807) is 36.4 Å². The van der Waals surface area contributed by atoms with Gasteiger partial charge in [-0.3, -0.25) is 4.79 Å². The first-order valence-electron chi connectivity index (χ1n) is 9.68. The molecule has 0 atom stereocenters. The van der Waals surface area contributed by atoms with Crippen LogP contribution in [0.2, 0.25) is 0 Å². The van der Waals surface area contributed by atoms with Gasteiger partial charge in [0.25, 0.3) is 0 Å². The Morgan fingerprint density at radius 3 is 2.42 bits per heavy atom. The van der Waals surface area contributed by atoms with Crippen LogP contribution in [0.5, 0.6) is 5.75 Å². The summed E-state index contributed by atoms with van der Waals surface area (Å²) in [4.78, 5) is 12.2. The standard InChI is InChI=1S/C23H23FN2O4S/c1-3-30-21-7-5-4-6-19(21)26-23(27)15-25-20-13-10-17(24)14-22(20)31(28,29)18-11-8-16(2)9-12-18/h4-14,25H,3,15H2,1-2H3,(H,26,27). The van der Waals surface area contributed by atoms with E-state index >= 15 is 0 Å². The van der Waals surface area contributed by atoms with Crippen LogP contribution in [0, 0.1) is 12.7 Å². The number of ether oxygens (including phenoxy) is 1. The minimum Gasteiger partial charge on any atom is -0.492 e. The van der Waals surface area contributed by atoms with Crippen LogP contribution < -0.4 is 15.4 Å². The first-order chi connectivity index (χ1) is 14.8. The summed E-state index contributed by atoms with van der Waals surface area (Å²) in [6, 6.07) is 16.7. The van der Waals surface area contributed by atoms with E-state index in [1.165, 1.54) is 18.2 Å². The van der Waals surface area contributed by atoms with Gasteiger partial charge in [0.1, 0.15) is 11.6 Å². The van der Waals surface area contributed by atoms with Crippen LogP contribution in [0.15, 0.2) is 76.5 Å². The zero-order valence-electron chi connectivity index (χ0n) is 17.2. The summed E-state index contributed by atoms with van der Waals surface area (Å²) in [5, 5.41) is 5.52. The average molecular weight is 443 g/mol. The van der Waals surface area contributed by atoms with Gasteiger partial charge >= 0.3 is 0 Å². The molecule has 0 unspecified atom stereocenters. The number of halogens is 1. The molecule has 0 radical (unpaired) electrons. The Labute approximate surface area is 181 Å².